The first-order valence-corrected chi connectivity index (χ1v) is 9.57. The van der Waals surface area contributed by atoms with Crippen molar-refractivity contribution < 1.29 is 19.4 Å². The van der Waals surface area contributed by atoms with Crippen LogP contribution in [0.25, 0.3) is 0 Å². The van der Waals surface area contributed by atoms with E-state index in [9.17, 15) is 29.8 Å². The van der Waals surface area contributed by atoms with Gasteiger partial charge in [0.2, 0.25) is 11.8 Å². The molecule has 4 N–H and O–H groups in total. The van der Waals surface area contributed by atoms with Gasteiger partial charge in [0.1, 0.15) is 24.0 Å². The van der Waals surface area contributed by atoms with Gasteiger partial charge < -0.3 is 21.3 Å². The minimum absolute atomic E-state index is 0.0267. The number of hydrogen-bond acceptors (Lipinski definition) is 10. The number of nitro groups is 2. The molecule has 2 aromatic heterocycles. The van der Waals surface area contributed by atoms with Gasteiger partial charge in [-0.25, -0.2) is 9.97 Å². The number of hydrogen-bond donors (Lipinski definition) is 4. The van der Waals surface area contributed by atoms with Crippen molar-refractivity contribution in [2.45, 2.75) is 12.8 Å². The van der Waals surface area contributed by atoms with Crippen molar-refractivity contribution in [3.63, 3.8) is 0 Å². The number of amides is 2. The summed E-state index contributed by atoms with van der Waals surface area (Å²) >= 11 is 0. The average molecular weight is 446 g/mol. The van der Waals surface area contributed by atoms with Crippen LogP contribution in [0.4, 0.5) is 23.0 Å². The molecule has 14 nitrogen and oxygen atoms in total. The van der Waals surface area contributed by atoms with E-state index in [0.29, 0.717) is 37.8 Å². The van der Waals surface area contributed by atoms with Crippen LogP contribution in [0.2, 0.25) is 0 Å². The molecule has 0 radical (unpaired) electrons. The zero-order valence-corrected chi connectivity index (χ0v) is 16.9. The highest BCUT2D eigenvalue weighted by atomic mass is 16.6. The Morgan fingerprint density at radius 1 is 0.719 bits per heavy atom. The van der Waals surface area contributed by atoms with E-state index < -0.39 is 9.85 Å². The highest BCUT2D eigenvalue weighted by Gasteiger charge is 2.08. The molecular formula is C18H22N8O6. The van der Waals surface area contributed by atoms with E-state index in [1.54, 1.807) is 0 Å². The average Bonchev–Trinajstić information content (AvgIpc) is 2.78. The highest BCUT2D eigenvalue weighted by molar-refractivity contribution is 5.83. The van der Waals surface area contributed by atoms with Gasteiger partial charge in [0.25, 0.3) is 11.4 Å². The van der Waals surface area contributed by atoms with Crippen LogP contribution in [0.15, 0.2) is 36.7 Å². The number of nitrogens with one attached hydrogen (secondary N) is 4. The molecule has 0 aliphatic carbocycles. The van der Waals surface area contributed by atoms with Crippen LogP contribution in [0.1, 0.15) is 12.8 Å². The largest absolute Gasteiger partial charge is 0.368 e. The fraction of sp³-hybridized carbons (Fsp3) is 0.333. The molecule has 0 aliphatic rings. The number of nitrogens with zero attached hydrogens (tertiary/aromatic N) is 4. The summed E-state index contributed by atoms with van der Waals surface area (Å²) in [5, 5.41) is 32.3. The van der Waals surface area contributed by atoms with Gasteiger partial charge in [0.15, 0.2) is 0 Å². The quantitative estimate of drug-likeness (QED) is 0.194. The van der Waals surface area contributed by atoms with Crippen LogP contribution in [0.5, 0.6) is 0 Å². The van der Waals surface area contributed by atoms with Crippen LogP contribution >= 0.6 is 0 Å². The van der Waals surface area contributed by atoms with E-state index in [4.69, 9.17) is 0 Å². The van der Waals surface area contributed by atoms with Crippen LogP contribution in [0, 0.1) is 20.2 Å². The third-order valence-corrected chi connectivity index (χ3v) is 4.00. The Morgan fingerprint density at radius 2 is 1.12 bits per heavy atom. The second-order valence-electron chi connectivity index (χ2n) is 6.37. The van der Waals surface area contributed by atoms with Crippen molar-refractivity contribution in [1.29, 1.82) is 0 Å². The molecule has 0 aliphatic heterocycles. The molecule has 2 rings (SSSR count). The minimum atomic E-state index is -0.542. The van der Waals surface area contributed by atoms with Gasteiger partial charge in [0, 0.05) is 51.2 Å². The molecule has 2 heterocycles. The van der Waals surface area contributed by atoms with Crippen molar-refractivity contribution in [1.82, 2.24) is 20.6 Å². The first kappa shape index (κ1) is 23.9. The maximum atomic E-state index is 11.8. The Balaban J connectivity index is 1.52. The summed E-state index contributed by atoms with van der Waals surface area (Å²) in [6.07, 6.45) is 2.33. The van der Waals surface area contributed by atoms with E-state index in [-0.39, 0.29) is 36.0 Å². The number of carbonyl (C=O) groups is 2. The van der Waals surface area contributed by atoms with Gasteiger partial charge in [-0.3, -0.25) is 29.8 Å². The topological polar surface area (TPSA) is 194 Å². The van der Waals surface area contributed by atoms with Crippen LogP contribution in [-0.2, 0) is 9.59 Å². The summed E-state index contributed by atoms with van der Waals surface area (Å²) < 4.78 is 0. The first-order valence-electron chi connectivity index (χ1n) is 9.57. The number of aromatic nitrogens is 2. The summed E-state index contributed by atoms with van der Waals surface area (Å²) in [6.45, 7) is 1.33. The Hall–Kier alpha value is -4.36. The normalized spacial score (nSPS) is 10.1. The maximum absolute atomic E-state index is 11.8. The van der Waals surface area contributed by atoms with Crippen molar-refractivity contribution in [2.24, 2.45) is 0 Å². The molecule has 0 spiro atoms. The zero-order valence-electron chi connectivity index (χ0n) is 16.9. The predicted molar refractivity (Wildman–Crippen MR) is 114 cm³/mol. The molecule has 14 heteroatoms. The third kappa shape index (κ3) is 8.56. The smallest absolute Gasteiger partial charge is 0.287 e. The van der Waals surface area contributed by atoms with E-state index in [1.807, 2.05) is 0 Å². The number of carbonyl (C=O) groups excluding carboxylic acids is 2. The second-order valence-corrected chi connectivity index (χ2v) is 6.37. The van der Waals surface area contributed by atoms with Crippen molar-refractivity contribution in [3.05, 3.63) is 56.9 Å². The first-order chi connectivity index (χ1) is 15.3. The molecule has 0 atom stereocenters. The van der Waals surface area contributed by atoms with Gasteiger partial charge in [0.05, 0.1) is 9.85 Å². The third-order valence-electron chi connectivity index (χ3n) is 4.00. The SMILES string of the molecule is O=C(CCC(=O)NCCNc1ccc([N+](=O)[O-])cn1)NCCNc1ccc([N+](=O)[O-])cn1. The van der Waals surface area contributed by atoms with Gasteiger partial charge in [-0.15, -0.1) is 0 Å². The highest BCUT2D eigenvalue weighted by Crippen LogP contribution is 2.12. The lowest BCUT2D eigenvalue weighted by Gasteiger charge is -2.08. The zero-order chi connectivity index (χ0) is 23.3. The van der Waals surface area contributed by atoms with Crippen LogP contribution in [-0.4, -0.2) is 57.8 Å². The monoisotopic (exact) mass is 446 g/mol. The van der Waals surface area contributed by atoms with Gasteiger partial charge in [-0.2, -0.15) is 0 Å². The molecule has 2 amide bonds. The summed E-state index contributed by atoms with van der Waals surface area (Å²) in [5.41, 5.74) is -0.221. The van der Waals surface area contributed by atoms with Crippen LogP contribution < -0.4 is 21.3 Å². The lowest BCUT2D eigenvalue weighted by molar-refractivity contribution is -0.385. The fourth-order valence-electron chi connectivity index (χ4n) is 2.39. The molecule has 0 fully saturated rings. The summed E-state index contributed by atoms with van der Waals surface area (Å²) in [6, 6.07) is 5.59. The Bertz CT molecular complexity index is 858. The van der Waals surface area contributed by atoms with Gasteiger partial charge in [-0.05, 0) is 12.1 Å². The fourth-order valence-corrected chi connectivity index (χ4v) is 2.39. The van der Waals surface area contributed by atoms with Crippen molar-refractivity contribution in [3.8, 4) is 0 Å². The molecule has 0 unspecified atom stereocenters. The van der Waals surface area contributed by atoms with Gasteiger partial charge >= 0.3 is 0 Å². The summed E-state index contributed by atoms with van der Waals surface area (Å²) in [7, 11) is 0. The predicted octanol–water partition coefficient (Wildman–Crippen LogP) is 0.830. The number of anilines is 2. The minimum Gasteiger partial charge on any atom is -0.368 e. The van der Waals surface area contributed by atoms with E-state index in [0.717, 1.165) is 12.4 Å². The summed E-state index contributed by atoms with van der Waals surface area (Å²) in [5.74, 6) is 0.321. The molecule has 0 aromatic carbocycles. The van der Waals surface area contributed by atoms with Crippen LogP contribution in [0.3, 0.4) is 0 Å². The standard InChI is InChI=1S/C18H22N8O6/c27-17(21-9-7-19-15-3-1-13(11-23-15)25(29)30)5-6-18(28)22-10-8-20-16-4-2-14(12-24-16)26(31)32/h1-4,11-12H,5-10H2,(H,19,23)(H,20,24)(H,21,27)(H,22,28). The lowest BCUT2D eigenvalue weighted by atomic mass is 10.3. The van der Waals surface area contributed by atoms with Gasteiger partial charge in [-0.1, -0.05) is 0 Å². The lowest BCUT2D eigenvalue weighted by Crippen LogP contribution is -2.32. The molecule has 170 valence electrons. The van der Waals surface area contributed by atoms with Crippen molar-refractivity contribution >= 4 is 34.8 Å². The number of rotatable bonds is 13. The summed E-state index contributed by atoms with van der Waals surface area (Å²) in [4.78, 5) is 51.4. The molecule has 0 saturated heterocycles. The molecular weight excluding hydrogens is 424 g/mol. The maximum Gasteiger partial charge on any atom is 0.287 e. The number of pyridine rings is 2. The van der Waals surface area contributed by atoms with Crippen molar-refractivity contribution in [2.75, 3.05) is 36.8 Å². The van der Waals surface area contributed by atoms with E-state index in [2.05, 4.69) is 31.2 Å². The molecule has 32 heavy (non-hydrogen) atoms. The molecule has 0 saturated carbocycles. The van der Waals surface area contributed by atoms with E-state index >= 15 is 0 Å². The Labute approximate surface area is 182 Å². The van der Waals surface area contributed by atoms with E-state index in [1.165, 1.54) is 24.3 Å². The molecule has 0 bridgehead atoms. The molecule has 2 aromatic rings. The Kier molecular flexibility index (Phi) is 9.24. The Morgan fingerprint density at radius 3 is 1.44 bits per heavy atom. The second kappa shape index (κ2) is 12.4.